The van der Waals surface area contributed by atoms with Crippen molar-refractivity contribution in [1.29, 1.82) is 0 Å². The molecule has 0 amide bonds. The highest BCUT2D eigenvalue weighted by molar-refractivity contribution is 7.93. The molecular weight excluding hydrogens is 476 g/mol. The number of hydrogen-bond acceptors (Lipinski definition) is 8. The van der Waals surface area contributed by atoms with E-state index in [0.29, 0.717) is 22.4 Å². The SMILES string of the molecule is COC(=O)c1c(C)cc(C)c(CC(=O)c2sccc2S(=O)(=O)Nc2onc(C)c2Cl)c1C. The van der Waals surface area contributed by atoms with Gasteiger partial charge in [0.15, 0.2) is 5.78 Å². The van der Waals surface area contributed by atoms with Crippen LogP contribution in [0, 0.1) is 27.7 Å². The molecule has 1 N–H and O–H groups in total. The minimum atomic E-state index is -4.15. The minimum absolute atomic E-state index is 0.0397. The number of ketones is 1. The van der Waals surface area contributed by atoms with Gasteiger partial charge in [0.25, 0.3) is 15.9 Å². The summed E-state index contributed by atoms with van der Waals surface area (Å²) in [5.41, 5.74) is 3.58. The molecule has 3 rings (SSSR count). The predicted molar refractivity (Wildman–Crippen MR) is 121 cm³/mol. The first-order valence-electron chi connectivity index (χ1n) is 9.41. The molecule has 1 aromatic carbocycles. The Hall–Kier alpha value is -2.69. The van der Waals surface area contributed by atoms with E-state index >= 15 is 0 Å². The molecule has 0 fully saturated rings. The molecule has 0 atom stereocenters. The fourth-order valence-corrected chi connectivity index (χ4v) is 6.03. The minimum Gasteiger partial charge on any atom is -0.465 e. The highest BCUT2D eigenvalue weighted by Gasteiger charge is 2.28. The smallest absolute Gasteiger partial charge is 0.338 e. The zero-order chi connectivity index (χ0) is 23.8. The summed E-state index contributed by atoms with van der Waals surface area (Å²) < 4.78 is 37.8. The third-order valence-corrected chi connectivity index (χ3v) is 7.95. The second kappa shape index (κ2) is 9.05. The third kappa shape index (κ3) is 4.43. The number of rotatable bonds is 7. The first-order chi connectivity index (χ1) is 15.0. The Morgan fingerprint density at radius 2 is 1.91 bits per heavy atom. The summed E-state index contributed by atoms with van der Waals surface area (Å²) in [5, 5.41) is 5.17. The van der Waals surface area contributed by atoms with Crippen LogP contribution in [-0.2, 0) is 21.2 Å². The Morgan fingerprint density at radius 1 is 1.22 bits per heavy atom. The molecule has 0 spiro atoms. The number of Topliss-reactive ketones (excluding diaryl/α,β-unsaturated/α-hetero) is 1. The van der Waals surface area contributed by atoms with E-state index in [0.717, 1.165) is 22.5 Å². The van der Waals surface area contributed by atoms with Gasteiger partial charge in [-0.15, -0.1) is 11.3 Å². The molecular formula is C21H21ClN2O6S2. The summed E-state index contributed by atoms with van der Waals surface area (Å²) >= 11 is 7.01. The summed E-state index contributed by atoms with van der Waals surface area (Å²) in [6.07, 6.45) is -0.0762. The Morgan fingerprint density at radius 3 is 2.50 bits per heavy atom. The van der Waals surface area contributed by atoms with Crippen molar-refractivity contribution in [3.8, 4) is 0 Å². The van der Waals surface area contributed by atoms with Crippen LogP contribution < -0.4 is 4.72 Å². The number of methoxy groups -OCH3 is 1. The molecule has 0 unspecified atom stereocenters. The maximum Gasteiger partial charge on any atom is 0.338 e. The second-order valence-corrected chi connectivity index (χ2v) is 10.2. The lowest BCUT2D eigenvalue weighted by atomic mass is 9.90. The lowest BCUT2D eigenvalue weighted by Gasteiger charge is -2.16. The van der Waals surface area contributed by atoms with E-state index in [9.17, 15) is 18.0 Å². The lowest BCUT2D eigenvalue weighted by Crippen LogP contribution is -2.17. The number of aromatic nitrogens is 1. The second-order valence-electron chi connectivity index (χ2n) is 7.21. The average Bonchev–Trinajstić information content (AvgIpc) is 3.34. The number of sulfonamides is 1. The van der Waals surface area contributed by atoms with Gasteiger partial charge in [-0.3, -0.25) is 4.79 Å². The van der Waals surface area contributed by atoms with Crippen molar-refractivity contribution >= 4 is 50.6 Å². The zero-order valence-corrected chi connectivity index (χ0v) is 20.4. The first kappa shape index (κ1) is 24.0. The quantitative estimate of drug-likeness (QED) is 0.374. The molecule has 2 aromatic heterocycles. The topological polar surface area (TPSA) is 116 Å². The number of thiophene rings is 1. The Bertz CT molecular complexity index is 1320. The number of ether oxygens (including phenoxy) is 1. The average molecular weight is 497 g/mol. The maximum absolute atomic E-state index is 13.1. The number of nitrogens with one attached hydrogen (secondary N) is 1. The fraction of sp³-hybridized carbons (Fsp3) is 0.286. The lowest BCUT2D eigenvalue weighted by molar-refractivity contribution is 0.0598. The van der Waals surface area contributed by atoms with E-state index in [1.165, 1.54) is 18.6 Å². The highest BCUT2D eigenvalue weighted by atomic mass is 35.5. The van der Waals surface area contributed by atoms with Gasteiger partial charge in [-0.05, 0) is 61.4 Å². The molecule has 3 aromatic rings. The molecule has 0 aliphatic carbocycles. The molecule has 0 aliphatic rings. The third-order valence-electron chi connectivity index (χ3n) is 5.05. The van der Waals surface area contributed by atoms with Crippen molar-refractivity contribution in [1.82, 2.24) is 5.16 Å². The zero-order valence-electron chi connectivity index (χ0n) is 18.0. The molecule has 170 valence electrons. The van der Waals surface area contributed by atoms with Gasteiger partial charge < -0.3 is 9.26 Å². The first-order valence-corrected chi connectivity index (χ1v) is 12.1. The van der Waals surface area contributed by atoms with E-state index < -0.39 is 21.8 Å². The van der Waals surface area contributed by atoms with E-state index in [-0.39, 0.29) is 27.1 Å². The van der Waals surface area contributed by atoms with Gasteiger partial charge in [0, 0.05) is 6.42 Å². The summed E-state index contributed by atoms with van der Waals surface area (Å²) in [6.45, 7) is 6.95. The van der Waals surface area contributed by atoms with Crippen molar-refractivity contribution < 1.29 is 27.3 Å². The molecule has 32 heavy (non-hydrogen) atoms. The van der Waals surface area contributed by atoms with Gasteiger partial charge in [-0.1, -0.05) is 22.8 Å². The monoisotopic (exact) mass is 496 g/mol. The number of benzene rings is 1. The largest absolute Gasteiger partial charge is 0.465 e. The Kier molecular flexibility index (Phi) is 6.77. The predicted octanol–water partition coefficient (Wildman–Crippen LogP) is 4.64. The van der Waals surface area contributed by atoms with Crippen LogP contribution in [0.4, 0.5) is 5.88 Å². The summed E-state index contributed by atoms with van der Waals surface area (Å²) in [6, 6.07) is 3.15. The van der Waals surface area contributed by atoms with Crippen LogP contribution in [0.15, 0.2) is 26.9 Å². The fourth-order valence-electron chi connectivity index (χ4n) is 3.47. The molecule has 8 nitrogen and oxygen atoms in total. The van der Waals surface area contributed by atoms with Gasteiger partial charge >= 0.3 is 5.97 Å². The number of nitrogens with zero attached hydrogens (tertiary/aromatic N) is 1. The number of carbonyl (C=O) groups excluding carboxylic acids is 2. The van der Waals surface area contributed by atoms with Crippen molar-refractivity contribution in [2.45, 2.75) is 39.0 Å². The van der Waals surface area contributed by atoms with E-state index in [4.69, 9.17) is 20.9 Å². The van der Waals surface area contributed by atoms with Crippen molar-refractivity contribution in [2.24, 2.45) is 0 Å². The summed E-state index contributed by atoms with van der Waals surface area (Å²) in [7, 11) is -2.86. The van der Waals surface area contributed by atoms with Gasteiger partial charge in [0.05, 0.1) is 17.6 Å². The van der Waals surface area contributed by atoms with Crippen LogP contribution in [0.2, 0.25) is 5.02 Å². The summed E-state index contributed by atoms with van der Waals surface area (Å²) in [5.74, 6) is -1.11. The standard InChI is InChI=1S/C21H21ClN2O6S2/c1-10-8-11(2)17(21(26)29-5)12(3)14(10)9-15(25)19-16(6-7-31-19)32(27,28)24-20-18(22)13(4)23-30-20/h6-8,24H,9H2,1-5H3. The van der Waals surface area contributed by atoms with Crippen LogP contribution in [0.25, 0.3) is 0 Å². The van der Waals surface area contributed by atoms with Gasteiger partial charge in [-0.2, -0.15) is 0 Å². The summed E-state index contributed by atoms with van der Waals surface area (Å²) in [4.78, 5) is 25.2. The number of halogens is 1. The molecule has 0 saturated carbocycles. The van der Waals surface area contributed by atoms with Crippen molar-refractivity contribution in [2.75, 3.05) is 11.8 Å². The molecule has 0 radical (unpaired) electrons. The van der Waals surface area contributed by atoms with E-state index in [1.807, 2.05) is 13.0 Å². The van der Waals surface area contributed by atoms with Crippen LogP contribution in [0.3, 0.4) is 0 Å². The van der Waals surface area contributed by atoms with Crippen LogP contribution in [0.1, 0.15) is 48.0 Å². The number of hydrogen-bond donors (Lipinski definition) is 1. The van der Waals surface area contributed by atoms with E-state index in [1.54, 1.807) is 20.8 Å². The number of carbonyl (C=O) groups is 2. The molecule has 2 heterocycles. The van der Waals surface area contributed by atoms with Crippen molar-refractivity contribution in [3.05, 3.63) is 60.9 Å². The molecule has 0 saturated heterocycles. The Labute approximate surface area is 194 Å². The number of aryl methyl sites for hydroxylation is 3. The van der Waals surface area contributed by atoms with Gasteiger partial charge in [0.2, 0.25) is 0 Å². The Balaban J connectivity index is 1.96. The molecule has 11 heteroatoms. The van der Waals surface area contributed by atoms with Crippen molar-refractivity contribution in [3.63, 3.8) is 0 Å². The van der Waals surface area contributed by atoms with E-state index in [2.05, 4.69) is 9.88 Å². The van der Waals surface area contributed by atoms with Gasteiger partial charge in [0.1, 0.15) is 15.6 Å². The van der Waals surface area contributed by atoms with Crippen LogP contribution >= 0.6 is 22.9 Å². The van der Waals surface area contributed by atoms with Gasteiger partial charge in [-0.25, -0.2) is 17.9 Å². The highest BCUT2D eigenvalue weighted by Crippen LogP contribution is 2.31. The van der Waals surface area contributed by atoms with Crippen LogP contribution in [0.5, 0.6) is 0 Å². The molecule has 0 bridgehead atoms. The molecule has 0 aliphatic heterocycles. The normalized spacial score (nSPS) is 11.4. The number of anilines is 1. The number of esters is 1. The maximum atomic E-state index is 13.1. The van der Waals surface area contributed by atoms with Crippen LogP contribution in [-0.4, -0.2) is 32.4 Å².